The maximum Gasteiger partial charge on any atom is 0.389 e. The van der Waals surface area contributed by atoms with Crippen LogP contribution in [-0.2, 0) is 4.74 Å². The van der Waals surface area contributed by atoms with Gasteiger partial charge in [-0.1, -0.05) is 6.92 Å². The Kier molecular flexibility index (Phi) is 8.66. The zero-order valence-electron chi connectivity index (χ0n) is 10.1. The summed E-state index contributed by atoms with van der Waals surface area (Å²) >= 11 is 0. The fourth-order valence-electron chi connectivity index (χ4n) is 1.51. The number of alkyl halides is 3. The predicted octanol–water partition coefficient (Wildman–Crippen LogP) is 3.12. The first-order valence-corrected chi connectivity index (χ1v) is 5.78. The SMILES string of the molecule is CCCNC(CCCC(F)(F)F)CCOC. The highest BCUT2D eigenvalue weighted by Gasteiger charge is 2.26. The number of halogens is 3. The fraction of sp³-hybridized carbons (Fsp3) is 1.00. The molecule has 1 N–H and O–H groups in total. The lowest BCUT2D eigenvalue weighted by Crippen LogP contribution is -2.31. The van der Waals surface area contributed by atoms with E-state index in [1.807, 2.05) is 6.92 Å². The van der Waals surface area contributed by atoms with E-state index in [2.05, 4.69) is 5.32 Å². The molecule has 0 spiro atoms. The van der Waals surface area contributed by atoms with Crippen LogP contribution in [0.4, 0.5) is 13.2 Å². The molecule has 16 heavy (non-hydrogen) atoms. The van der Waals surface area contributed by atoms with Crippen LogP contribution in [0, 0.1) is 0 Å². The molecular formula is C11H22F3NO. The van der Waals surface area contributed by atoms with Crippen molar-refractivity contribution < 1.29 is 17.9 Å². The second-order valence-corrected chi connectivity index (χ2v) is 3.94. The molecule has 0 saturated carbocycles. The molecule has 0 aliphatic heterocycles. The monoisotopic (exact) mass is 241 g/mol. The molecule has 0 fully saturated rings. The van der Waals surface area contributed by atoms with Crippen molar-refractivity contribution in [3.63, 3.8) is 0 Å². The molecule has 1 atom stereocenters. The van der Waals surface area contributed by atoms with Crippen LogP contribution in [0.15, 0.2) is 0 Å². The van der Waals surface area contributed by atoms with E-state index >= 15 is 0 Å². The van der Waals surface area contributed by atoms with Gasteiger partial charge < -0.3 is 10.1 Å². The third-order valence-electron chi connectivity index (χ3n) is 2.37. The van der Waals surface area contributed by atoms with Gasteiger partial charge in [0.15, 0.2) is 0 Å². The summed E-state index contributed by atoms with van der Waals surface area (Å²) in [5.74, 6) is 0. The molecule has 0 amide bonds. The maximum absolute atomic E-state index is 12.0. The molecule has 0 saturated heterocycles. The van der Waals surface area contributed by atoms with Crippen molar-refractivity contribution in [3.05, 3.63) is 0 Å². The number of hydrogen-bond acceptors (Lipinski definition) is 2. The van der Waals surface area contributed by atoms with Crippen molar-refractivity contribution in [1.82, 2.24) is 5.32 Å². The number of methoxy groups -OCH3 is 1. The van der Waals surface area contributed by atoms with E-state index in [0.29, 0.717) is 13.0 Å². The van der Waals surface area contributed by atoms with E-state index < -0.39 is 12.6 Å². The first-order valence-electron chi connectivity index (χ1n) is 5.78. The number of ether oxygens (including phenoxy) is 1. The summed E-state index contributed by atoms with van der Waals surface area (Å²) in [7, 11) is 1.60. The molecule has 0 radical (unpaired) electrons. The van der Waals surface area contributed by atoms with Gasteiger partial charge in [-0.15, -0.1) is 0 Å². The molecule has 98 valence electrons. The summed E-state index contributed by atoms with van der Waals surface area (Å²) in [5.41, 5.74) is 0. The van der Waals surface area contributed by atoms with E-state index in [0.717, 1.165) is 19.4 Å². The summed E-state index contributed by atoms with van der Waals surface area (Å²) in [6.07, 6.45) is -2.21. The summed E-state index contributed by atoms with van der Waals surface area (Å²) in [4.78, 5) is 0. The molecule has 2 nitrogen and oxygen atoms in total. The highest BCUT2D eigenvalue weighted by atomic mass is 19.4. The molecular weight excluding hydrogens is 219 g/mol. The van der Waals surface area contributed by atoms with Gasteiger partial charge in [0, 0.05) is 26.2 Å². The fourth-order valence-corrected chi connectivity index (χ4v) is 1.51. The van der Waals surface area contributed by atoms with Gasteiger partial charge in [-0.2, -0.15) is 13.2 Å². The van der Waals surface area contributed by atoms with Crippen LogP contribution in [0.5, 0.6) is 0 Å². The van der Waals surface area contributed by atoms with Crippen LogP contribution < -0.4 is 5.32 Å². The van der Waals surface area contributed by atoms with Gasteiger partial charge in [-0.25, -0.2) is 0 Å². The van der Waals surface area contributed by atoms with E-state index in [1.54, 1.807) is 7.11 Å². The van der Waals surface area contributed by atoms with Crippen molar-refractivity contribution in [3.8, 4) is 0 Å². The average molecular weight is 241 g/mol. The Balaban J connectivity index is 3.72. The van der Waals surface area contributed by atoms with Crippen LogP contribution in [0.2, 0.25) is 0 Å². The van der Waals surface area contributed by atoms with Gasteiger partial charge in [0.05, 0.1) is 0 Å². The van der Waals surface area contributed by atoms with E-state index in [1.165, 1.54) is 0 Å². The van der Waals surface area contributed by atoms with Crippen molar-refractivity contribution in [2.45, 2.75) is 51.2 Å². The van der Waals surface area contributed by atoms with Crippen LogP contribution in [0.3, 0.4) is 0 Å². The Morgan fingerprint density at radius 3 is 2.44 bits per heavy atom. The van der Waals surface area contributed by atoms with E-state index in [4.69, 9.17) is 4.74 Å². The molecule has 5 heteroatoms. The number of nitrogens with one attached hydrogen (secondary N) is 1. The average Bonchev–Trinajstić information content (AvgIpc) is 2.19. The highest BCUT2D eigenvalue weighted by molar-refractivity contribution is 4.67. The lowest BCUT2D eigenvalue weighted by molar-refractivity contribution is -0.135. The molecule has 0 aliphatic rings. The normalized spacial score (nSPS) is 14.1. The lowest BCUT2D eigenvalue weighted by Gasteiger charge is -2.18. The zero-order valence-corrected chi connectivity index (χ0v) is 10.1. The van der Waals surface area contributed by atoms with Gasteiger partial charge in [-0.3, -0.25) is 0 Å². The van der Waals surface area contributed by atoms with Crippen LogP contribution >= 0.6 is 0 Å². The van der Waals surface area contributed by atoms with Crippen LogP contribution in [0.25, 0.3) is 0 Å². The van der Waals surface area contributed by atoms with Crippen molar-refractivity contribution >= 4 is 0 Å². The third-order valence-corrected chi connectivity index (χ3v) is 2.37. The van der Waals surface area contributed by atoms with Crippen molar-refractivity contribution in [1.29, 1.82) is 0 Å². The van der Waals surface area contributed by atoms with E-state index in [-0.39, 0.29) is 12.5 Å². The van der Waals surface area contributed by atoms with E-state index in [9.17, 15) is 13.2 Å². The summed E-state index contributed by atoms with van der Waals surface area (Å²) in [6.45, 7) is 3.48. The highest BCUT2D eigenvalue weighted by Crippen LogP contribution is 2.23. The Morgan fingerprint density at radius 2 is 1.94 bits per heavy atom. The Morgan fingerprint density at radius 1 is 1.25 bits per heavy atom. The van der Waals surface area contributed by atoms with Gasteiger partial charge in [0.1, 0.15) is 0 Å². The standard InChI is InChI=1S/C11H22F3NO/c1-3-8-15-10(6-9-16-2)5-4-7-11(12,13)14/h10,15H,3-9H2,1-2H3. The smallest absolute Gasteiger partial charge is 0.385 e. The van der Waals surface area contributed by atoms with Crippen molar-refractivity contribution in [2.75, 3.05) is 20.3 Å². The van der Waals surface area contributed by atoms with Gasteiger partial charge >= 0.3 is 6.18 Å². The maximum atomic E-state index is 12.0. The second kappa shape index (κ2) is 8.82. The molecule has 0 aromatic rings. The molecule has 0 rings (SSSR count). The summed E-state index contributed by atoms with van der Waals surface area (Å²) < 4.78 is 40.8. The number of rotatable bonds is 9. The van der Waals surface area contributed by atoms with Crippen LogP contribution in [-0.4, -0.2) is 32.5 Å². The Hall–Kier alpha value is -0.290. The molecule has 0 heterocycles. The minimum Gasteiger partial charge on any atom is -0.385 e. The molecule has 0 aliphatic carbocycles. The quantitative estimate of drug-likeness (QED) is 0.669. The zero-order chi connectivity index (χ0) is 12.4. The molecule has 0 aromatic heterocycles. The first kappa shape index (κ1) is 15.7. The number of hydrogen-bond donors (Lipinski definition) is 1. The first-order chi connectivity index (χ1) is 7.49. The third kappa shape index (κ3) is 10.2. The molecule has 0 aromatic carbocycles. The minimum absolute atomic E-state index is 0.141. The lowest BCUT2D eigenvalue weighted by atomic mass is 10.1. The topological polar surface area (TPSA) is 21.3 Å². The molecule has 0 bridgehead atoms. The van der Waals surface area contributed by atoms with Crippen molar-refractivity contribution in [2.24, 2.45) is 0 Å². The predicted molar refractivity (Wildman–Crippen MR) is 58.5 cm³/mol. The van der Waals surface area contributed by atoms with Crippen LogP contribution in [0.1, 0.15) is 39.0 Å². The van der Waals surface area contributed by atoms with Gasteiger partial charge in [0.2, 0.25) is 0 Å². The van der Waals surface area contributed by atoms with Gasteiger partial charge in [0.25, 0.3) is 0 Å². The second-order valence-electron chi connectivity index (χ2n) is 3.94. The molecule has 1 unspecified atom stereocenters. The summed E-state index contributed by atoms with van der Waals surface area (Å²) in [5, 5.41) is 3.24. The largest absolute Gasteiger partial charge is 0.389 e. The summed E-state index contributed by atoms with van der Waals surface area (Å²) in [6, 6.07) is 0.141. The Labute approximate surface area is 95.5 Å². The minimum atomic E-state index is -4.03. The Bertz CT molecular complexity index is 154. The van der Waals surface area contributed by atoms with Gasteiger partial charge in [-0.05, 0) is 32.2 Å².